The number of benzene rings is 1. The van der Waals surface area contributed by atoms with Crippen molar-refractivity contribution in [2.75, 3.05) is 0 Å². The van der Waals surface area contributed by atoms with Crippen molar-refractivity contribution in [3.8, 4) is 11.3 Å². The van der Waals surface area contributed by atoms with Gasteiger partial charge in [0.2, 0.25) is 0 Å². The van der Waals surface area contributed by atoms with Gasteiger partial charge in [-0.2, -0.15) is 15.4 Å². The summed E-state index contributed by atoms with van der Waals surface area (Å²) in [6.45, 7) is 2.07. The maximum absolute atomic E-state index is 4.12. The Kier molecular flexibility index (Phi) is 2.08. The second-order valence-corrected chi connectivity index (χ2v) is 2.84. The third-order valence-corrected chi connectivity index (χ3v) is 2.00. The molecular weight excluding hydrogens is 162 g/mol. The summed E-state index contributed by atoms with van der Waals surface area (Å²) in [6, 6.07) is 10.1. The summed E-state index contributed by atoms with van der Waals surface area (Å²) in [5.74, 6) is 0. The van der Waals surface area contributed by atoms with E-state index in [1.165, 1.54) is 0 Å². The minimum Gasteiger partial charge on any atom is -0.197 e. The predicted octanol–water partition coefficient (Wildman–Crippen LogP) is 2.03. The first kappa shape index (κ1) is 7.98. The Balaban J connectivity index is 2.47. The first-order chi connectivity index (χ1) is 6.42. The normalized spacial score (nSPS) is 10.2. The van der Waals surface area contributed by atoms with E-state index in [0.717, 1.165) is 23.4 Å². The van der Waals surface area contributed by atoms with Gasteiger partial charge in [-0.3, -0.25) is 0 Å². The van der Waals surface area contributed by atoms with Crippen molar-refractivity contribution in [3.05, 3.63) is 36.0 Å². The highest BCUT2D eigenvalue weighted by atomic mass is 15.3. The molecule has 0 spiro atoms. The minimum atomic E-state index is 0.903. The third-order valence-electron chi connectivity index (χ3n) is 2.00. The Hall–Kier alpha value is -1.64. The van der Waals surface area contributed by atoms with Crippen LogP contribution in [0.25, 0.3) is 11.3 Å². The summed E-state index contributed by atoms with van der Waals surface area (Å²) < 4.78 is 0. The van der Waals surface area contributed by atoms with Crippen molar-refractivity contribution < 1.29 is 0 Å². The number of aromatic nitrogens is 3. The molecule has 0 saturated carbocycles. The molecule has 2 aromatic rings. The molecule has 0 atom stereocenters. The lowest BCUT2D eigenvalue weighted by Gasteiger charge is -1.96. The minimum absolute atomic E-state index is 0.903. The Bertz CT molecular complexity index is 378. The number of H-pyrrole nitrogens is 1. The van der Waals surface area contributed by atoms with Crippen molar-refractivity contribution in [2.45, 2.75) is 13.3 Å². The topological polar surface area (TPSA) is 41.6 Å². The lowest BCUT2D eigenvalue weighted by molar-refractivity contribution is 0.908. The van der Waals surface area contributed by atoms with Crippen molar-refractivity contribution in [1.82, 2.24) is 15.4 Å². The van der Waals surface area contributed by atoms with Crippen LogP contribution in [0.3, 0.4) is 0 Å². The molecule has 0 unspecified atom stereocenters. The zero-order valence-electron chi connectivity index (χ0n) is 7.49. The fraction of sp³-hybridized carbons (Fsp3) is 0.200. The van der Waals surface area contributed by atoms with Gasteiger partial charge in [0.25, 0.3) is 0 Å². The highest BCUT2D eigenvalue weighted by Crippen LogP contribution is 2.18. The number of nitrogens with one attached hydrogen (secondary N) is 1. The van der Waals surface area contributed by atoms with Gasteiger partial charge in [-0.25, -0.2) is 0 Å². The van der Waals surface area contributed by atoms with Gasteiger partial charge in [-0.05, 0) is 6.42 Å². The molecule has 1 aromatic carbocycles. The van der Waals surface area contributed by atoms with E-state index in [1.54, 1.807) is 0 Å². The van der Waals surface area contributed by atoms with Crippen LogP contribution in [-0.2, 0) is 6.42 Å². The number of aromatic amines is 1. The molecule has 0 aliphatic heterocycles. The smallest absolute Gasteiger partial charge is 0.115 e. The molecule has 1 N–H and O–H groups in total. The number of hydrogen-bond acceptors (Lipinski definition) is 2. The van der Waals surface area contributed by atoms with Crippen molar-refractivity contribution >= 4 is 0 Å². The lowest BCUT2D eigenvalue weighted by Crippen LogP contribution is -1.84. The fourth-order valence-corrected chi connectivity index (χ4v) is 1.33. The van der Waals surface area contributed by atoms with Gasteiger partial charge in [0.05, 0.1) is 5.69 Å². The second-order valence-electron chi connectivity index (χ2n) is 2.84. The molecule has 66 valence electrons. The summed E-state index contributed by atoms with van der Waals surface area (Å²) in [5.41, 5.74) is 3.10. The van der Waals surface area contributed by atoms with E-state index in [9.17, 15) is 0 Å². The van der Waals surface area contributed by atoms with E-state index >= 15 is 0 Å². The molecule has 0 radical (unpaired) electrons. The molecule has 0 amide bonds. The predicted molar refractivity (Wildman–Crippen MR) is 51.2 cm³/mol. The molecule has 0 aliphatic rings. The third kappa shape index (κ3) is 1.45. The summed E-state index contributed by atoms with van der Waals surface area (Å²) in [7, 11) is 0. The molecule has 3 heteroatoms. The monoisotopic (exact) mass is 173 g/mol. The number of aryl methyl sites for hydroxylation is 1. The van der Waals surface area contributed by atoms with Crippen LogP contribution in [0.15, 0.2) is 30.3 Å². The average Bonchev–Trinajstić information content (AvgIpc) is 2.67. The maximum Gasteiger partial charge on any atom is 0.115 e. The maximum atomic E-state index is 4.12. The van der Waals surface area contributed by atoms with Crippen LogP contribution in [0.5, 0.6) is 0 Å². The molecule has 1 heterocycles. The summed E-state index contributed by atoms with van der Waals surface area (Å²) >= 11 is 0. The number of hydrogen-bond donors (Lipinski definition) is 1. The van der Waals surface area contributed by atoms with Crippen LogP contribution >= 0.6 is 0 Å². The Morgan fingerprint density at radius 1 is 1.15 bits per heavy atom. The quantitative estimate of drug-likeness (QED) is 0.755. The summed E-state index contributed by atoms with van der Waals surface area (Å²) in [5, 5.41) is 10.8. The second kappa shape index (κ2) is 3.39. The summed E-state index contributed by atoms with van der Waals surface area (Å²) in [4.78, 5) is 0. The summed E-state index contributed by atoms with van der Waals surface area (Å²) in [6.07, 6.45) is 0.903. The van der Waals surface area contributed by atoms with Crippen molar-refractivity contribution in [1.29, 1.82) is 0 Å². The van der Waals surface area contributed by atoms with E-state index in [2.05, 4.69) is 22.3 Å². The van der Waals surface area contributed by atoms with Crippen LogP contribution in [0.4, 0.5) is 0 Å². The van der Waals surface area contributed by atoms with E-state index in [-0.39, 0.29) is 0 Å². The SMILES string of the molecule is CCc1n[nH]nc1-c1ccccc1. The highest BCUT2D eigenvalue weighted by molar-refractivity contribution is 5.60. The van der Waals surface area contributed by atoms with Crippen LogP contribution in [0.1, 0.15) is 12.6 Å². The van der Waals surface area contributed by atoms with E-state index in [0.29, 0.717) is 0 Å². The van der Waals surface area contributed by atoms with Gasteiger partial charge in [-0.15, -0.1) is 0 Å². The van der Waals surface area contributed by atoms with Crippen LogP contribution < -0.4 is 0 Å². The molecule has 1 aromatic heterocycles. The molecular formula is C10H11N3. The molecule has 0 saturated heterocycles. The Labute approximate surface area is 76.8 Å². The van der Waals surface area contributed by atoms with E-state index < -0.39 is 0 Å². The van der Waals surface area contributed by atoms with E-state index in [1.807, 2.05) is 30.3 Å². The zero-order chi connectivity index (χ0) is 9.10. The first-order valence-electron chi connectivity index (χ1n) is 4.37. The van der Waals surface area contributed by atoms with Crippen molar-refractivity contribution in [3.63, 3.8) is 0 Å². The van der Waals surface area contributed by atoms with Crippen LogP contribution in [-0.4, -0.2) is 15.4 Å². The molecule has 0 bridgehead atoms. The van der Waals surface area contributed by atoms with Gasteiger partial charge >= 0.3 is 0 Å². The van der Waals surface area contributed by atoms with Gasteiger partial charge in [0.15, 0.2) is 0 Å². The number of rotatable bonds is 2. The fourth-order valence-electron chi connectivity index (χ4n) is 1.33. The van der Waals surface area contributed by atoms with Crippen LogP contribution in [0.2, 0.25) is 0 Å². The zero-order valence-corrected chi connectivity index (χ0v) is 7.49. The average molecular weight is 173 g/mol. The van der Waals surface area contributed by atoms with E-state index in [4.69, 9.17) is 0 Å². The van der Waals surface area contributed by atoms with Gasteiger partial charge in [0.1, 0.15) is 5.69 Å². The molecule has 0 aliphatic carbocycles. The van der Waals surface area contributed by atoms with Gasteiger partial charge in [-0.1, -0.05) is 37.3 Å². The lowest BCUT2D eigenvalue weighted by atomic mass is 10.1. The van der Waals surface area contributed by atoms with Gasteiger partial charge in [0, 0.05) is 5.56 Å². The molecule has 3 nitrogen and oxygen atoms in total. The molecule has 0 fully saturated rings. The van der Waals surface area contributed by atoms with Gasteiger partial charge < -0.3 is 0 Å². The Morgan fingerprint density at radius 2 is 1.92 bits per heavy atom. The van der Waals surface area contributed by atoms with Crippen LogP contribution in [0, 0.1) is 0 Å². The highest BCUT2D eigenvalue weighted by Gasteiger charge is 2.06. The molecule has 13 heavy (non-hydrogen) atoms. The molecule has 2 rings (SSSR count). The first-order valence-corrected chi connectivity index (χ1v) is 4.37. The number of nitrogens with zero attached hydrogens (tertiary/aromatic N) is 2. The standard InChI is InChI=1S/C10H11N3/c1-2-9-10(12-13-11-9)8-6-4-3-5-7-8/h3-7H,2H2,1H3,(H,11,12,13). The Morgan fingerprint density at radius 3 is 2.62 bits per heavy atom. The van der Waals surface area contributed by atoms with Crippen molar-refractivity contribution in [2.24, 2.45) is 0 Å². The largest absolute Gasteiger partial charge is 0.197 e.